The maximum Gasteiger partial charge on any atom is 0.329 e. The minimum absolute atomic E-state index is 0.116. The first kappa shape index (κ1) is 12.2. The van der Waals surface area contributed by atoms with Crippen molar-refractivity contribution < 1.29 is 4.79 Å². The number of carbonyl (C=O) groups is 1. The number of rotatable bonds is 1. The smallest absolute Gasteiger partial charge is 0.329 e. The van der Waals surface area contributed by atoms with Crippen LogP contribution in [0.3, 0.4) is 0 Å². The van der Waals surface area contributed by atoms with Crippen LogP contribution in [0.4, 0.5) is 4.79 Å². The molecule has 13 heavy (non-hydrogen) atoms. The summed E-state index contributed by atoms with van der Waals surface area (Å²) in [5, 5.41) is 2.78. The van der Waals surface area contributed by atoms with Gasteiger partial charge >= 0.3 is 6.03 Å². The summed E-state index contributed by atoms with van der Waals surface area (Å²) >= 11 is 0. The summed E-state index contributed by atoms with van der Waals surface area (Å²) in [5.74, 6) is 0. The first-order valence-electron chi connectivity index (χ1n) is 4.45. The van der Waals surface area contributed by atoms with Crippen LogP contribution in [-0.4, -0.2) is 17.1 Å². The van der Waals surface area contributed by atoms with Crippen LogP contribution in [-0.2, 0) is 0 Å². The minimum Gasteiger partial charge on any atom is -0.332 e. The largest absolute Gasteiger partial charge is 0.332 e. The minimum atomic E-state index is -0.206. The Balaban J connectivity index is 3.78. The Morgan fingerprint density at radius 3 is 1.69 bits per heavy atom. The molecule has 0 atom stereocenters. The zero-order valence-corrected chi connectivity index (χ0v) is 9.41. The molecule has 4 nitrogen and oxygen atoms in total. The van der Waals surface area contributed by atoms with Gasteiger partial charge in [-0.25, -0.2) is 10.2 Å². The van der Waals surface area contributed by atoms with Crippen molar-refractivity contribution >= 4 is 6.03 Å². The lowest BCUT2D eigenvalue weighted by Gasteiger charge is -2.25. The lowest BCUT2D eigenvalue weighted by molar-refractivity contribution is 0.220. The molecule has 0 bridgehead atoms. The number of hydrogen-bond acceptors (Lipinski definition) is 2. The van der Waals surface area contributed by atoms with Gasteiger partial charge in [0.25, 0.3) is 0 Å². The SMILES string of the molecule is CC(C)(C)NNC(=O)NC(C)(C)C. The molecule has 0 fully saturated rings. The van der Waals surface area contributed by atoms with Crippen LogP contribution in [0.2, 0.25) is 0 Å². The van der Waals surface area contributed by atoms with Crippen LogP contribution in [0.5, 0.6) is 0 Å². The highest BCUT2D eigenvalue weighted by Gasteiger charge is 2.15. The Hall–Kier alpha value is -0.770. The molecule has 4 heteroatoms. The van der Waals surface area contributed by atoms with Crippen molar-refractivity contribution in [3.63, 3.8) is 0 Å². The van der Waals surface area contributed by atoms with E-state index >= 15 is 0 Å². The van der Waals surface area contributed by atoms with Crippen LogP contribution in [0.15, 0.2) is 0 Å². The zero-order valence-electron chi connectivity index (χ0n) is 9.41. The van der Waals surface area contributed by atoms with Crippen molar-refractivity contribution in [2.45, 2.75) is 52.6 Å². The molecule has 0 radical (unpaired) electrons. The summed E-state index contributed by atoms with van der Waals surface area (Å²) in [7, 11) is 0. The maximum atomic E-state index is 11.2. The molecular formula is C9H21N3O. The molecular weight excluding hydrogens is 166 g/mol. The summed E-state index contributed by atoms with van der Waals surface area (Å²) in [6.45, 7) is 11.7. The molecule has 0 aliphatic heterocycles. The highest BCUT2D eigenvalue weighted by molar-refractivity contribution is 5.74. The normalized spacial score (nSPS) is 12.5. The van der Waals surface area contributed by atoms with E-state index in [-0.39, 0.29) is 17.1 Å². The Kier molecular flexibility index (Phi) is 3.72. The summed E-state index contributed by atoms with van der Waals surface area (Å²) < 4.78 is 0. The van der Waals surface area contributed by atoms with Gasteiger partial charge < -0.3 is 5.32 Å². The lowest BCUT2D eigenvalue weighted by Crippen LogP contribution is -2.55. The molecule has 3 N–H and O–H groups in total. The van der Waals surface area contributed by atoms with Crippen LogP contribution < -0.4 is 16.2 Å². The highest BCUT2D eigenvalue weighted by Crippen LogP contribution is 1.98. The number of carbonyl (C=O) groups excluding carboxylic acids is 1. The predicted octanol–water partition coefficient (Wildman–Crippen LogP) is 1.39. The predicted molar refractivity (Wildman–Crippen MR) is 54.3 cm³/mol. The van der Waals surface area contributed by atoms with Gasteiger partial charge in [0.05, 0.1) is 0 Å². The lowest BCUT2D eigenvalue weighted by atomic mass is 10.1. The van der Waals surface area contributed by atoms with E-state index in [0.29, 0.717) is 0 Å². The van der Waals surface area contributed by atoms with E-state index in [1.807, 2.05) is 41.5 Å². The zero-order chi connectivity index (χ0) is 10.7. The van der Waals surface area contributed by atoms with Gasteiger partial charge in [0.1, 0.15) is 0 Å². The fraction of sp³-hybridized carbons (Fsp3) is 0.889. The number of nitrogens with one attached hydrogen (secondary N) is 3. The van der Waals surface area contributed by atoms with Crippen molar-refractivity contribution in [1.82, 2.24) is 16.2 Å². The van der Waals surface area contributed by atoms with Crippen LogP contribution in [0.25, 0.3) is 0 Å². The van der Waals surface area contributed by atoms with E-state index in [2.05, 4.69) is 16.2 Å². The van der Waals surface area contributed by atoms with Crippen molar-refractivity contribution in [2.75, 3.05) is 0 Å². The fourth-order valence-corrected chi connectivity index (χ4v) is 0.616. The summed E-state index contributed by atoms with van der Waals surface area (Å²) in [6, 6.07) is -0.206. The summed E-state index contributed by atoms with van der Waals surface area (Å²) in [4.78, 5) is 11.2. The number of hydrazine groups is 1. The molecule has 2 amide bonds. The van der Waals surface area contributed by atoms with E-state index < -0.39 is 0 Å². The summed E-state index contributed by atoms with van der Waals surface area (Å²) in [5.41, 5.74) is 5.14. The molecule has 0 rings (SSSR count). The van der Waals surface area contributed by atoms with E-state index in [4.69, 9.17) is 0 Å². The molecule has 78 valence electrons. The van der Waals surface area contributed by atoms with Gasteiger partial charge in [-0.05, 0) is 41.5 Å². The van der Waals surface area contributed by atoms with Crippen molar-refractivity contribution in [2.24, 2.45) is 0 Å². The molecule has 0 spiro atoms. The Morgan fingerprint density at radius 1 is 0.923 bits per heavy atom. The van der Waals surface area contributed by atoms with Gasteiger partial charge in [0.15, 0.2) is 0 Å². The molecule has 0 unspecified atom stereocenters. The van der Waals surface area contributed by atoms with E-state index in [1.54, 1.807) is 0 Å². The average molecular weight is 187 g/mol. The molecule has 0 aromatic carbocycles. The van der Waals surface area contributed by atoms with E-state index in [0.717, 1.165) is 0 Å². The second-order valence-electron chi connectivity index (χ2n) is 5.20. The van der Waals surface area contributed by atoms with Crippen LogP contribution in [0.1, 0.15) is 41.5 Å². The van der Waals surface area contributed by atoms with E-state index in [1.165, 1.54) is 0 Å². The third kappa shape index (κ3) is 9.14. The molecule has 0 aromatic heterocycles. The van der Waals surface area contributed by atoms with Gasteiger partial charge in [-0.15, -0.1) is 0 Å². The second kappa shape index (κ2) is 3.96. The molecule has 0 saturated heterocycles. The molecule has 0 aromatic rings. The van der Waals surface area contributed by atoms with Crippen molar-refractivity contribution in [1.29, 1.82) is 0 Å². The Labute approximate surface area is 80.4 Å². The maximum absolute atomic E-state index is 11.2. The van der Waals surface area contributed by atoms with E-state index in [9.17, 15) is 4.79 Å². The third-order valence-electron chi connectivity index (χ3n) is 1.04. The Bertz CT molecular complexity index is 176. The van der Waals surface area contributed by atoms with Gasteiger partial charge in [0.2, 0.25) is 0 Å². The average Bonchev–Trinajstić information content (AvgIpc) is 1.78. The highest BCUT2D eigenvalue weighted by atomic mass is 16.2. The molecule has 0 saturated carbocycles. The van der Waals surface area contributed by atoms with Crippen LogP contribution >= 0.6 is 0 Å². The second-order valence-corrected chi connectivity index (χ2v) is 5.20. The molecule has 0 heterocycles. The topological polar surface area (TPSA) is 53.2 Å². The quantitative estimate of drug-likeness (QED) is 0.543. The summed E-state index contributed by atoms with van der Waals surface area (Å²) in [6.07, 6.45) is 0. The number of hydrogen-bond donors (Lipinski definition) is 3. The molecule has 0 aliphatic rings. The van der Waals surface area contributed by atoms with Gasteiger partial charge in [-0.2, -0.15) is 0 Å². The van der Waals surface area contributed by atoms with Gasteiger partial charge in [-0.3, -0.25) is 5.43 Å². The van der Waals surface area contributed by atoms with Gasteiger partial charge in [-0.1, -0.05) is 0 Å². The molecule has 0 aliphatic carbocycles. The monoisotopic (exact) mass is 187 g/mol. The number of amides is 2. The first-order chi connectivity index (χ1) is 5.60. The first-order valence-corrected chi connectivity index (χ1v) is 4.45. The van der Waals surface area contributed by atoms with Crippen LogP contribution in [0, 0.1) is 0 Å². The van der Waals surface area contributed by atoms with Crippen molar-refractivity contribution in [3.8, 4) is 0 Å². The number of urea groups is 1. The fourth-order valence-electron chi connectivity index (χ4n) is 0.616. The third-order valence-corrected chi connectivity index (χ3v) is 1.04. The van der Waals surface area contributed by atoms with Crippen molar-refractivity contribution in [3.05, 3.63) is 0 Å². The standard InChI is InChI=1S/C9H21N3O/c1-8(2,3)10-7(13)11-12-9(4,5)6/h12H,1-6H3,(H2,10,11,13). The Morgan fingerprint density at radius 2 is 1.38 bits per heavy atom. The van der Waals surface area contributed by atoms with Gasteiger partial charge in [0, 0.05) is 11.1 Å².